The lowest BCUT2D eigenvalue weighted by Crippen LogP contribution is -2.24. The van der Waals surface area contributed by atoms with Crippen LogP contribution in [-0.4, -0.2) is 25.9 Å². The molecule has 0 aromatic heterocycles. The minimum atomic E-state index is -0.494. The molecule has 0 bridgehead atoms. The number of ether oxygens (including phenoxy) is 2. The van der Waals surface area contributed by atoms with Crippen LogP contribution in [0.5, 0.6) is 11.5 Å². The van der Waals surface area contributed by atoms with Gasteiger partial charge in [0.15, 0.2) is 5.78 Å². The van der Waals surface area contributed by atoms with Gasteiger partial charge < -0.3 is 14.8 Å². The van der Waals surface area contributed by atoms with Gasteiger partial charge >= 0.3 is 0 Å². The molecule has 0 saturated heterocycles. The normalized spacial score (nSPS) is 11.0. The number of hydrogen-bond donors (Lipinski definition) is 1. The van der Waals surface area contributed by atoms with Crippen LogP contribution >= 0.6 is 0 Å². The van der Waals surface area contributed by atoms with Gasteiger partial charge in [-0.1, -0.05) is 32.9 Å². The standard InChI is InChI=1S/C21H25NO4/c1-21(2,3)19(23)14-7-6-8-15(11-14)20(24)22-13-16-9-10-17(25-4)12-18(16)26-5/h6-12H,13H2,1-5H3,(H,22,24). The monoisotopic (exact) mass is 355 g/mol. The molecule has 0 aliphatic rings. The highest BCUT2D eigenvalue weighted by Crippen LogP contribution is 2.25. The van der Waals surface area contributed by atoms with Crippen molar-refractivity contribution < 1.29 is 19.1 Å². The Bertz CT molecular complexity index is 806. The van der Waals surface area contributed by atoms with Crippen LogP contribution in [-0.2, 0) is 6.54 Å². The van der Waals surface area contributed by atoms with Gasteiger partial charge in [0, 0.05) is 34.7 Å². The Labute approximate surface area is 154 Å². The predicted octanol–water partition coefficient (Wildman–Crippen LogP) is 3.86. The Morgan fingerprint density at radius 3 is 2.27 bits per heavy atom. The largest absolute Gasteiger partial charge is 0.497 e. The fourth-order valence-corrected chi connectivity index (χ4v) is 2.51. The molecule has 0 fully saturated rings. The van der Waals surface area contributed by atoms with E-state index in [9.17, 15) is 9.59 Å². The van der Waals surface area contributed by atoms with Gasteiger partial charge in [-0.15, -0.1) is 0 Å². The van der Waals surface area contributed by atoms with E-state index in [2.05, 4.69) is 5.32 Å². The number of carbonyl (C=O) groups excluding carboxylic acids is 2. The molecule has 1 amide bonds. The van der Waals surface area contributed by atoms with Crippen LogP contribution in [0.15, 0.2) is 42.5 Å². The molecule has 0 spiro atoms. The number of nitrogens with one attached hydrogen (secondary N) is 1. The third-order valence-corrected chi connectivity index (χ3v) is 4.00. The Morgan fingerprint density at radius 2 is 1.65 bits per heavy atom. The van der Waals surface area contributed by atoms with Crippen molar-refractivity contribution in [1.29, 1.82) is 0 Å². The number of benzene rings is 2. The van der Waals surface area contributed by atoms with Gasteiger partial charge in [-0.25, -0.2) is 0 Å². The van der Waals surface area contributed by atoms with Gasteiger partial charge in [0.2, 0.25) is 0 Å². The molecule has 2 aromatic rings. The van der Waals surface area contributed by atoms with E-state index in [-0.39, 0.29) is 11.7 Å². The SMILES string of the molecule is COc1ccc(CNC(=O)c2cccc(C(=O)C(C)(C)C)c2)c(OC)c1. The maximum Gasteiger partial charge on any atom is 0.251 e. The molecule has 0 unspecified atom stereocenters. The van der Waals surface area contributed by atoms with Crippen LogP contribution in [0.3, 0.4) is 0 Å². The smallest absolute Gasteiger partial charge is 0.251 e. The molecule has 5 heteroatoms. The molecule has 2 aromatic carbocycles. The van der Waals surface area contributed by atoms with Crippen molar-refractivity contribution in [3.63, 3.8) is 0 Å². The molecule has 0 atom stereocenters. The van der Waals surface area contributed by atoms with E-state index in [1.165, 1.54) is 0 Å². The molecule has 5 nitrogen and oxygen atoms in total. The van der Waals surface area contributed by atoms with Gasteiger partial charge in [-0.3, -0.25) is 9.59 Å². The fraction of sp³-hybridized carbons (Fsp3) is 0.333. The van der Waals surface area contributed by atoms with E-state index in [0.29, 0.717) is 29.2 Å². The second-order valence-corrected chi connectivity index (χ2v) is 7.02. The number of carbonyl (C=O) groups is 2. The van der Waals surface area contributed by atoms with E-state index in [0.717, 1.165) is 5.56 Å². The molecule has 0 aliphatic heterocycles. The number of Topliss-reactive ketones (excluding diaryl/α,β-unsaturated/α-hetero) is 1. The second-order valence-electron chi connectivity index (χ2n) is 7.02. The lowest BCUT2D eigenvalue weighted by atomic mass is 9.86. The summed E-state index contributed by atoms with van der Waals surface area (Å²) < 4.78 is 10.5. The minimum absolute atomic E-state index is 0.00368. The highest BCUT2D eigenvalue weighted by molar-refractivity contribution is 6.02. The Morgan fingerprint density at radius 1 is 0.962 bits per heavy atom. The molecule has 1 N–H and O–H groups in total. The second kappa shape index (κ2) is 8.04. The maximum atomic E-state index is 12.5. The molecule has 0 saturated carbocycles. The number of methoxy groups -OCH3 is 2. The molecule has 138 valence electrons. The minimum Gasteiger partial charge on any atom is -0.497 e. The Kier molecular flexibility index (Phi) is 6.03. The van der Waals surface area contributed by atoms with Gasteiger partial charge in [-0.05, 0) is 24.3 Å². The van der Waals surface area contributed by atoms with Crippen molar-refractivity contribution in [2.24, 2.45) is 5.41 Å². The average molecular weight is 355 g/mol. The predicted molar refractivity (Wildman–Crippen MR) is 101 cm³/mol. The van der Waals surface area contributed by atoms with E-state index in [4.69, 9.17) is 9.47 Å². The summed E-state index contributed by atoms with van der Waals surface area (Å²) in [4.78, 5) is 24.9. The molecule has 0 radical (unpaired) electrons. The molecular formula is C21H25NO4. The van der Waals surface area contributed by atoms with Gasteiger partial charge in [0.1, 0.15) is 11.5 Å². The van der Waals surface area contributed by atoms with E-state index in [1.54, 1.807) is 44.6 Å². The summed E-state index contributed by atoms with van der Waals surface area (Å²) in [6.45, 7) is 5.89. The molecule has 0 heterocycles. The van der Waals surface area contributed by atoms with Gasteiger partial charge in [-0.2, -0.15) is 0 Å². The fourth-order valence-electron chi connectivity index (χ4n) is 2.51. The van der Waals surface area contributed by atoms with E-state index >= 15 is 0 Å². The average Bonchev–Trinajstić information content (AvgIpc) is 2.64. The number of ketones is 1. The summed E-state index contributed by atoms with van der Waals surface area (Å²) in [5.74, 6) is 1.09. The molecular weight excluding hydrogens is 330 g/mol. The Hall–Kier alpha value is -2.82. The highest BCUT2D eigenvalue weighted by Gasteiger charge is 2.23. The molecule has 2 rings (SSSR count). The van der Waals surface area contributed by atoms with E-state index in [1.807, 2.05) is 32.9 Å². The highest BCUT2D eigenvalue weighted by atomic mass is 16.5. The van der Waals surface area contributed by atoms with Crippen molar-refractivity contribution in [2.45, 2.75) is 27.3 Å². The van der Waals surface area contributed by atoms with Crippen molar-refractivity contribution >= 4 is 11.7 Å². The summed E-state index contributed by atoms with van der Waals surface area (Å²) in [6.07, 6.45) is 0. The van der Waals surface area contributed by atoms with E-state index < -0.39 is 5.41 Å². The topological polar surface area (TPSA) is 64.6 Å². The summed E-state index contributed by atoms with van der Waals surface area (Å²) in [6, 6.07) is 12.2. The van der Waals surface area contributed by atoms with Crippen LogP contribution in [0.2, 0.25) is 0 Å². The van der Waals surface area contributed by atoms with Crippen molar-refractivity contribution in [1.82, 2.24) is 5.32 Å². The Balaban J connectivity index is 2.13. The quantitative estimate of drug-likeness (QED) is 0.799. The molecule has 0 aliphatic carbocycles. The first kappa shape index (κ1) is 19.5. The number of hydrogen-bond acceptors (Lipinski definition) is 4. The zero-order valence-electron chi connectivity index (χ0n) is 15.9. The first-order valence-corrected chi connectivity index (χ1v) is 8.40. The lowest BCUT2D eigenvalue weighted by Gasteiger charge is -2.17. The first-order chi connectivity index (χ1) is 12.3. The summed E-state index contributed by atoms with van der Waals surface area (Å²) >= 11 is 0. The van der Waals surface area contributed by atoms with Crippen molar-refractivity contribution in [3.8, 4) is 11.5 Å². The third-order valence-electron chi connectivity index (χ3n) is 4.00. The zero-order valence-corrected chi connectivity index (χ0v) is 15.9. The molecule has 26 heavy (non-hydrogen) atoms. The number of amides is 1. The van der Waals surface area contributed by atoms with Crippen molar-refractivity contribution in [2.75, 3.05) is 14.2 Å². The van der Waals surface area contributed by atoms with Gasteiger partial charge in [0.25, 0.3) is 5.91 Å². The lowest BCUT2D eigenvalue weighted by molar-refractivity contribution is 0.0858. The number of rotatable bonds is 6. The zero-order chi connectivity index (χ0) is 19.3. The van der Waals surface area contributed by atoms with Crippen LogP contribution < -0.4 is 14.8 Å². The van der Waals surface area contributed by atoms with Crippen LogP contribution in [0.4, 0.5) is 0 Å². The summed E-state index contributed by atoms with van der Waals surface area (Å²) in [5.41, 5.74) is 1.33. The van der Waals surface area contributed by atoms with Crippen LogP contribution in [0, 0.1) is 5.41 Å². The first-order valence-electron chi connectivity index (χ1n) is 8.40. The summed E-state index contributed by atoms with van der Waals surface area (Å²) in [5, 5.41) is 2.86. The van der Waals surface area contributed by atoms with Crippen molar-refractivity contribution in [3.05, 3.63) is 59.2 Å². The maximum absolute atomic E-state index is 12.5. The summed E-state index contributed by atoms with van der Waals surface area (Å²) in [7, 11) is 3.16. The third kappa shape index (κ3) is 4.63. The van der Waals surface area contributed by atoms with Crippen LogP contribution in [0.25, 0.3) is 0 Å². The van der Waals surface area contributed by atoms with Gasteiger partial charge in [0.05, 0.1) is 14.2 Å². The van der Waals surface area contributed by atoms with Crippen LogP contribution in [0.1, 0.15) is 47.1 Å².